The number of aryl methyl sites for hydroxylation is 1. The first-order valence-corrected chi connectivity index (χ1v) is 10.4. The second-order valence-corrected chi connectivity index (χ2v) is 7.29. The molecule has 0 bridgehead atoms. The first kappa shape index (κ1) is 22.9. The van der Waals surface area contributed by atoms with E-state index in [0.29, 0.717) is 33.2 Å². The van der Waals surface area contributed by atoms with E-state index in [4.69, 9.17) is 25.8 Å². The van der Waals surface area contributed by atoms with Crippen LogP contribution in [0, 0.1) is 11.3 Å². The minimum absolute atomic E-state index is 0.233. The molecule has 0 amide bonds. The van der Waals surface area contributed by atoms with E-state index in [-0.39, 0.29) is 12.4 Å². The standard InChI is InChI=1S/C26H22ClNO4/c1-3-18-7-10-23(11-8-18)31-17-26(29)32-24-12-9-19(14-25(24)30-2)13-21(16-28)20-5-4-6-22(27)15-20/h4-15H,3,17H2,1-2H3/b21-13-. The normalized spacial score (nSPS) is 10.9. The summed E-state index contributed by atoms with van der Waals surface area (Å²) < 4.78 is 16.3. The summed E-state index contributed by atoms with van der Waals surface area (Å²) in [6.07, 6.45) is 2.64. The summed E-state index contributed by atoms with van der Waals surface area (Å²) in [6, 6.07) is 21.8. The third-order valence-corrected chi connectivity index (χ3v) is 4.90. The van der Waals surface area contributed by atoms with Crippen molar-refractivity contribution < 1.29 is 19.0 Å². The van der Waals surface area contributed by atoms with Crippen molar-refractivity contribution in [1.82, 2.24) is 0 Å². The fraction of sp³-hybridized carbons (Fsp3) is 0.154. The minimum atomic E-state index is -0.553. The van der Waals surface area contributed by atoms with Crippen LogP contribution in [0.25, 0.3) is 11.6 Å². The smallest absolute Gasteiger partial charge is 0.349 e. The number of hydrogen-bond donors (Lipinski definition) is 0. The molecule has 0 aliphatic carbocycles. The number of nitrogens with zero attached hydrogens (tertiary/aromatic N) is 1. The van der Waals surface area contributed by atoms with Crippen LogP contribution >= 0.6 is 11.6 Å². The van der Waals surface area contributed by atoms with Crippen LogP contribution in [0.1, 0.15) is 23.6 Å². The van der Waals surface area contributed by atoms with Gasteiger partial charge in [0.25, 0.3) is 0 Å². The van der Waals surface area contributed by atoms with Crippen LogP contribution in [0.5, 0.6) is 17.2 Å². The van der Waals surface area contributed by atoms with Crippen molar-refractivity contribution >= 4 is 29.2 Å². The molecule has 3 rings (SSSR count). The van der Waals surface area contributed by atoms with E-state index in [0.717, 1.165) is 6.42 Å². The Hall–Kier alpha value is -3.75. The number of benzene rings is 3. The van der Waals surface area contributed by atoms with E-state index in [1.165, 1.54) is 12.7 Å². The Morgan fingerprint density at radius 3 is 2.50 bits per heavy atom. The monoisotopic (exact) mass is 447 g/mol. The number of hydrogen-bond acceptors (Lipinski definition) is 5. The van der Waals surface area contributed by atoms with Crippen molar-refractivity contribution in [2.24, 2.45) is 0 Å². The highest BCUT2D eigenvalue weighted by molar-refractivity contribution is 6.30. The van der Waals surface area contributed by atoms with E-state index in [1.54, 1.807) is 42.5 Å². The lowest BCUT2D eigenvalue weighted by Gasteiger charge is -2.11. The molecule has 3 aromatic rings. The van der Waals surface area contributed by atoms with Gasteiger partial charge in [0.05, 0.1) is 18.8 Å². The lowest BCUT2D eigenvalue weighted by Crippen LogP contribution is -2.18. The number of allylic oxidation sites excluding steroid dienone is 1. The molecule has 0 radical (unpaired) electrons. The van der Waals surface area contributed by atoms with E-state index < -0.39 is 5.97 Å². The number of halogens is 1. The zero-order valence-corrected chi connectivity index (χ0v) is 18.6. The molecular formula is C26H22ClNO4. The van der Waals surface area contributed by atoms with Crippen LogP contribution in [0.2, 0.25) is 5.02 Å². The van der Waals surface area contributed by atoms with Crippen LogP contribution in [-0.4, -0.2) is 19.7 Å². The lowest BCUT2D eigenvalue weighted by molar-refractivity contribution is -0.136. The molecule has 0 fully saturated rings. The quantitative estimate of drug-likeness (QED) is 0.184. The number of nitriles is 1. The predicted molar refractivity (Wildman–Crippen MR) is 125 cm³/mol. The van der Waals surface area contributed by atoms with Crippen molar-refractivity contribution in [1.29, 1.82) is 5.26 Å². The Labute approximate surface area is 192 Å². The first-order chi connectivity index (χ1) is 15.5. The zero-order valence-electron chi connectivity index (χ0n) is 17.8. The summed E-state index contributed by atoms with van der Waals surface area (Å²) in [6.45, 7) is 1.84. The molecule has 0 atom stereocenters. The molecule has 32 heavy (non-hydrogen) atoms. The molecule has 0 heterocycles. The van der Waals surface area contributed by atoms with Gasteiger partial charge >= 0.3 is 5.97 Å². The fourth-order valence-corrected chi connectivity index (χ4v) is 3.17. The summed E-state index contributed by atoms with van der Waals surface area (Å²) in [7, 11) is 1.48. The number of rotatable bonds is 8. The molecule has 162 valence electrons. The van der Waals surface area contributed by atoms with Crippen LogP contribution in [-0.2, 0) is 11.2 Å². The maximum absolute atomic E-state index is 12.2. The summed E-state index contributed by atoms with van der Waals surface area (Å²) in [5.41, 5.74) is 3.06. The number of carbonyl (C=O) groups is 1. The molecule has 0 aliphatic rings. The molecule has 0 saturated heterocycles. The van der Waals surface area contributed by atoms with E-state index in [2.05, 4.69) is 13.0 Å². The van der Waals surface area contributed by atoms with Crippen LogP contribution in [0.3, 0.4) is 0 Å². The van der Waals surface area contributed by atoms with E-state index in [9.17, 15) is 10.1 Å². The van der Waals surface area contributed by atoms with Gasteiger partial charge < -0.3 is 14.2 Å². The van der Waals surface area contributed by atoms with Crippen LogP contribution < -0.4 is 14.2 Å². The Kier molecular flexibility index (Phi) is 7.91. The van der Waals surface area contributed by atoms with Crippen LogP contribution in [0.15, 0.2) is 66.7 Å². The van der Waals surface area contributed by atoms with Gasteiger partial charge in [0.1, 0.15) is 5.75 Å². The van der Waals surface area contributed by atoms with Gasteiger partial charge in [-0.1, -0.05) is 48.9 Å². The molecule has 0 N–H and O–H groups in total. The van der Waals surface area contributed by atoms with Crippen molar-refractivity contribution in [3.63, 3.8) is 0 Å². The molecule has 0 spiro atoms. The van der Waals surface area contributed by atoms with Gasteiger partial charge in [-0.25, -0.2) is 4.79 Å². The highest BCUT2D eigenvalue weighted by Crippen LogP contribution is 2.30. The highest BCUT2D eigenvalue weighted by atomic mass is 35.5. The van der Waals surface area contributed by atoms with Gasteiger partial charge in [0.2, 0.25) is 0 Å². The van der Waals surface area contributed by atoms with Gasteiger partial charge in [-0.2, -0.15) is 5.26 Å². The maximum Gasteiger partial charge on any atom is 0.349 e. The number of ether oxygens (including phenoxy) is 3. The fourth-order valence-electron chi connectivity index (χ4n) is 2.98. The van der Waals surface area contributed by atoms with Gasteiger partial charge in [0, 0.05) is 5.02 Å². The summed E-state index contributed by atoms with van der Waals surface area (Å²) in [4.78, 5) is 12.2. The van der Waals surface area contributed by atoms with E-state index >= 15 is 0 Å². The zero-order chi connectivity index (χ0) is 22.9. The second-order valence-electron chi connectivity index (χ2n) is 6.85. The Bertz CT molecular complexity index is 1160. The summed E-state index contributed by atoms with van der Waals surface area (Å²) >= 11 is 6.03. The SMILES string of the molecule is CCc1ccc(OCC(=O)Oc2ccc(/C=C(/C#N)c3cccc(Cl)c3)cc2OC)cc1. The molecule has 0 unspecified atom stereocenters. The number of carbonyl (C=O) groups excluding carboxylic acids is 1. The second kappa shape index (κ2) is 11.0. The van der Waals surface area contributed by atoms with Crippen molar-refractivity contribution in [2.75, 3.05) is 13.7 Å². The summed E-state index contributed by atoms with van der Waals surface area (Å²) in [5.74, 6) is 0.670. The minimum Gasteiger partial charge on any atom is -0.493 e. The van der Waals surface area contributed by atoms with Crippen molar-refractivity contribution in [2.45, 2.75) is 13.3 Å². The maximum atomic E-state index is 12.2. The van der Waals surface area contributed by atoms with Crippen molar-refractivity contribution in [3.05, 3.63) is 88.4 Å². The third-order valence-electron chi connectivity index (χ3n) is 4.67. The molecular weight excluding hydrogens is 426 g/mol. The van der Waals surface area contributed by atoms with E-state index in [1.807, 2.05) is 30.3 Å². The molecule has 0 saturated carbocycles. The molecule has 6 heteroatoms. The third kappa shape index (κ3) is 6.13. The highest BCUT2D eigenvalue weighted by Gasteiger charge is 2.12. The number of esters is 1. The van der Waals surface area contributed by atoms with Gasteiger partial charge in [-0.3, -0.25) is 0 Å². The Balaban J connectivity index is 1.70. The Morgan fingerprint density at radius 1 is 1.06 bits per heavy atom. The summed E-state index contributed by atoms with van der Waals surface area (Å²) in [5, 5.41) is 10.1. The predicted octanol–water partition coefficient (Wildman–Crippen LogP) is 5.96. The first-order valence-electron chi connectivity index (χ1n) is 10.0. The molecule has 0 aromatic heterocycles. The largest absolute Gasteiger partial charge is 0.493 e. The average Bonchev–Trinajstić information content (AvgIpc) is 2.82. The molecule has 0 aliphatic heterocycles. The Morgan fingerprint density at radius 2 is 1.84 bits per heavy atom. The lowest BCUT2D eigenvalue weighted by atomic mass is 10.0. The molecule has 3 aromatic carbocycles. The topological polar surface area (TPSA) is 68.5 Å². The van der Waals surface area contributed by atoms with Crippen molar-refractivity contribution in [3.8, 4) is 23.3 Å². The molecule has 5 nitrogen and oxygen atoms in total. The van der Waals surface area contributed by atoms with Gasteiger partial charge in [-0.05, 0) is 65.6 Å². The average molecular weight is 448 g/mol. The number of methoxy groups -OCH3 is 1. The van der Waals surface area contributed by atoms with Crippen LogP contribution in [0.4, 0.5) is 0 Å². The van der Waals surface area contributed by atoms with Gasteiger partial charge in [0.15, 0.2) is 18.1 Å². The van der Waals surface area contributed by atoms with Gasteiger partial charge in [-0.15, -0.1) is 0 Å².